The lowest BCUT2D eigenvalue weighted by Crippen LogP contribution is -2.37. The number of nitrogens with one attached hydrogen (secondary N) is 2. The molecule has 0 aromatic carbocycles. The number of hydrogen-bond acceptors (Lipinski definition) is 5. The molecule has 1 aromatic heterocycles. The fraction of sp³-hybridized carbons (Fsp3) is 0.727. The molecule has 0 saturated carbocycles. The molecular formula is C11H21N3OS. The van der Waals surface area contributed by atoms with Crippen LogP contribution in [0, 0.1) is 6.92 Å². The van der Waals surface area contributed by atoms with Crippen molar-refractivity contribution in [1.29, 1.82) is 0 Å². The summed E-state index contributed by atoms with van der Waals surface area (Å²) in [6, 6.07) is 0.457. The van der Waals surface area contributed by atoms with E-state index in [0.717, 1.165) is 31.9 Å². The molecular weight excluding hydrogens is 222 g/mol. The Labute approximate surface area is 101 Å². The summed E-state index contributed by atoms with van der Waals surface area (Å²) >= 11 is 1.71. The molecule has 0 fully saturated rings. The summed E-state index contributed by atoms with van der Waals surface area (Å²) in [5, 5.41) is 6.80. The molecule has 2 N–H and O–H groups in total. The van der Waals surface area contributed by atoms with Crippen LogP contribution in [-0.4, -0.2) is 37.8 Å². The van der Waals surface area contributed by atoms with Crippen molar-refractivity contribution in [3.8, 4) is 0 Å². The lowest BCUT2D eigenvalue weighted by atomic mass is 10.3. The van der Waals surface area contributed by atoms with Gasteiger partial charge < -0.3 is 15.4 Å². The van der Waals surface area contributed by atoms with Gasteiger partial charge in [0.1, 0.15) is 0 Å². The zero-order chi connectivity index (χ0) is 11.8. The molecule has 4 nitrogen and oxygen atoms in total. The Kier molecular flexibility index (Phi) is 6.56. The predicted octanol–water partition coefficient (Wildman–Crippen LogP) is 1.17. The highest BCUT2D eigenvalue weighted by Gasteiger charge is 2.04. The van der Waals surface area contributed by atoms with Gasteiger partial charge in [-0.15, -0.1) is 11.3 Å². The van der Waals surface area contributed by atoms with E-state index in [1.54, 1.807) is 18.4 Å². The van der Waals surface area contributed by atoms with E-state index in [1.807, 2.05) is 5.51 Å². The SMILES string of the molecule is COCCNCC(C)NCc1scnc1C. The van der Waals surface area contributed by atoms with Gasteiger partial charge in [-0.25, -0.2) is 4.98 Å². The van der Waals surface area contributed by atoms with E-state index in [4.69, 9.17) is 4.74 Å². The van der Waals surface area contributed by atoms with Crippen LogP contribution in [0.25, 0.3) is 0 Å². The van der Waals surface area contributed by atoms with Gasteiger partial charge in [0.2, 0.25) is 0 Å². The Hall–Kier alpha value is -0.490. The third kappa shape index (κ3) is 5.03. The molecule has 0 amide bonds. The molecule has 1 atom stereocenters. The van der Waals surface area contributed by atoms with Gasteiger partial charge in [0.15, 0.2) is 0 Å². The minimum absolute atomic E-state index is 0.457. The zero-order valence-corrected chi connectivity index (χ0v) is 11.1. The quantitative estimate of drug-likeness (QED) is 0.673. The van der Waals surface area contributed by atoms with Gasteiger partial charge in [-0.3, -0.25) is 0 Å². The third-order valence-electron chi connectivity index (χ3n) is 2.39. The Balaban J connectivity index is 2.10. The van der Waals surface area contributed by atoms with Crippen LogP contribution in [0.1, 0.15) is 17.5 Å². The zero-order valence-electron chi connectivity index (χ0n) is 10.2. The minimum Gasteiger partial charge on any atom is -0.383 e. The lowest BCUT2D eigenvalue weighted by Gasteiger charge is -2.14. The maximum Gasteiger partial charge on any atom is 0.0798 e. The fourth-order valence-electron chi connectivity index (χ4n) is 1.33. The van der Waals surface area contributed by atoms with E-state index in [-0.39, 0.29) is 0 Å². The molecule has 1 heterocycles. The van der Waals surface area contributed by atoms with E-state index in [9.17, 15) is 0 Å². The number of methoxy groups -OCH3 is 1. The Morgan fingerprint density at radius 2 is 2.38 bits per heavy atom. The van der Waals surface area contributed by atoms with Crippen molar-refractivity contribution < 1.29 is 4.74 Å². The summed E-state index contributed by atoms with van der Waals surface area (Å²) < 4.78 is 4.97. The second kappa shape index (κ2) is 7.73. The van der Waals surface area contributed by atoms with Gasteiger partial charge in [0.25, 0.3) is 0 Å². The van der Waals surface area contributed by atoms with E-state index in [0.29, 0.717) is 6.04 Å². The van der Waals surface area contributed by atoms with Crippen LogP contribution in [0.3, 0.4) is 0 Å². The third-order valence-corrected chi connectivity index (χ3v) is 3.32. The number of aryl methyl sites for hydroxylation is 1. The Bertz CT molecular complexity index is 291. The number of nitrogens with zero attached hydrogens (tertiary/aromatic N) is 1. The average Bonchev–Trinajstić information content (AvgIpc) is 2.67. The number of rotatable bonds is 8. The maximum absolute atomic E-state index is 4.97. The first-order valence-electron chi connectivity index (χ1n) is 5.56. The van der Waals surface area contributed by atoms with Crippen molar-refractivity contribution in [3.63, 3.8) is 0 Å². The van der Waals surface area contributed by atoms with Crippen LogP contribution in [0.15, 0.2) is 5.51 Å². The molecule has 0 spiro atoms. The van der Waals surface area contributed by atoms with Crippen LogP contribution in [-0.2, 0) is 11.3 Å². The Morgan fingerprint density at radius 1 is 1.56 bits per heavy atom. The van der Waals surface area contributed by atoms with Crippen LogP contribution < -0.4 is 10.6 Å². The normalized spacial score (nSPS) is 12.9. The fourth-order valence-corrected chi connectivity index (χ4v) is 2.06. The molecule has 16 heavy (non-hydrogen) atoms. The van der Waals surface area contributed by atoms with Crippen LogP contribution in [0.4, 0.5) is 0 Å². The monoisotopic (exact) mass is 243 g/mol. The molecule has 0 aliphatic heterocycles. The second-order valence-electron chi connectivity index (χ2n) is 3.84. The van der Waals surface area contributed by atoms with Crippen LogP contribution in [0.5, 0.6) is 0 Å². The van der Waals surface area contributed by atoms with Crippen molar-refractivity contribution in [1.82, 2.24) is 15.6 Å². The Morgan fingerprint density at radius 3 is 3.00 bits per heavy atom. The lowest BCUT2D eigenvalue weighted by molar-refractivity contribution is 0.198. The standard InChI is InChI=1S/C11H21N3OS/c1-9(6-12-4-5-15-3)13-7-11-10(2)14-8-16-11/h8-9,12-13H,4-7H2,1-3H3. The highest BCUT2D eigenvalue weighted by atomic mass is 32.1. The summed E-state index contributed by atoms with van der Waals surface area (Å²) in [7, 11) is 1.72. The van der Waals surface area contributed by atoms with E-state index < -0.39 is 0 Å². The molecule has 1 aromatic rings. The van der Waals surface area contributed by atoms with Gasteiger partial charge in [-0.05, 0) is 13.8 Å². The molecule has 1 rings (SSSR count). The van der Waals surface area contributed by atoms with Gasteiger partial charge in [0.05, 0.1) is 17.8 Å². The molecule has 5 heteroatoms. The maximum atomic E-state index is 4.97. The average molecular weight is 243 g/mol. The molecule has 0 aliphatic rings. The summed E-state index contributed by atoms with van der Waals surface area (Å²) in [6.07, 6.45) is 0. The van der Waals surface area contributed by atoms with Gasteiger partial charge in [-0.1, -0.05) is 0 Å². The van der Waals surface area contributed by atoms with Crippen molar-refractivity contribution in [2.75, 3.05) is 26.8 Å². The predicted molar refractivity (Wildman–Crippen MR) is 67.9 cm³/mol. The van der Waals surface area contributed by atoms with Crippen LogP contribution in [0.2, 0.25) is 0 Å². The first-order chi connectivity index (χ1) is 7.74. The summed E-state index contributed by atoms with van der Waals surface area (Å²) in [6.45, 7) is 7.76. The molecule has 1 unspecified atom stereocenters. The topological polar surface area (TPSA) is 46.2 Å². The second-order valence-corrected chi connectivity index (χ2v) is 4.78. The highest BCUT2D eigenvalue weighted by molar-refractivity contribution is 7.09. The smallest absolute Gasteiger partial charge is 0.0798 e. The first kappa shape index (κ1) is 13.6. The summed E-state index contributed by atoms with van der Waals surface area (Å²) in [4.78, 5) is 5.55. The number of thiazole rings is 1. The molecule has 0 radical (unpaired) electrons. The van der Waals surface area contributed by atoms with Crippen molar-refractivity contribution in [3.05, 3.63) is 16.1 Å². The van der Waals surface area contributed by atoms with E-state index in [2.05, 4.69) is 29.5 Å². The van der Waals surface area contributed by atoms with E-state index >= 15 is 0 Å². The van der Waals surface area contributed by atoms with Crippen molar-refractivity contribution >= 4 is 11.3 Å². The molecule has 0 aliphatic carbocycles. The van der Waals surface area contributed by atoms with Crippen molar-refractivity contribution in [2.24, 2.45) is 0 Å². The summed E-state index contributed by atoms with van der Waals surface area (Å²) in [5.74, 6) is 0. The van der Waals surface area contributed by atoms with Gasteiger partial charge >= 0.3 is 0 Å². The first-order valence-corrected chi connectivity index (χ1v) is 6.44. The number of aromatic nitrogens is 1. The minimum atomic E-state index is 0.457. The summed E-state index contributed by atoms with van der Waals surface area (Å²) in [5.41, 5.74) is 3.03. The molecule has 0 saturated heterocycles. The largest absolute Gasteiger partial charge is 0.383 e. The highest BCUT2D eigenvalue weighted by Crippen LogP contribution is 2.11. The number of ether oxygens (including phenoxy) is 1. The van der Waals surface area contributed by atoms with Crippen molar-refractivity contribution in [2.45, 2.75) is 26.4 Å². The molecule has 0 bridgehead atoms. The van der Waals surface area contributed by atoms with Crippen LogP contribution >= 0.6 is 11.3 Å². The van der Waals surface area contributed by atoms with Gasteiger partial charge in [-0.2, -0.15) is 0 Å². The van der Waals surface area contributed by atoms with E-state index in [1.165, 1.54) is 4.88 Å². The number of hydrogen-bond donors (Lipinski definition) is 2. The van der Waals surface area contributed by atoms with Gasteiger partial charge in [0, 0.05) is 37.7 Å². The molecule has 92 valence electrons.